The highest BCUT2D eigenvalue weighted by atomic mass is 15.2. The molecule has 0 saturated carbocycles. The fourth-order valence-electron chi connectivity index (χ4n) is 6.98. The molecule has 0 radical (unpaired) electrons. The Labute approximate surface area is 247 Å². The summed E-state index contributed by atoms with van der Waals surface area (Å²) in [6.07, 6.45) is 25.7. The molecular formula is C39H33N3. The van der Waals surface area contributed by atoms with E-state index >= 15 is 0 Å². The lowest BCUT2D eigenvalue weighted by Gasteiger charge is -2.29. The predicted octanol–water partition coefficient (Wildman–Crippen LogP) is 9.81. The Bertz CT molecular complexity index is 1980. The average molecular weight is 544 g/mol. The molecule has 2 aliphatic carbocycles. The van der Waals surface area contributed by atoms with Gasteiger partial charge in [0, 0.05) is 46.2 Å². The quantitative estimate of drug-likeness (QED) is 0.226. The Morgan fingerprint density at radius 2 is 1.60 bits per heavy atom. The molecule has 0 N–H and O–H groups in total. The van der Waals surface area contributed by atoms with E-state index in [1.165, 1.54) is 61.9 Å². The number of benzene rings is 3. The zero-order valence-electron chi connectivity index (χ0n) is 23.8. The number of nitrogens with zero attached hydrogens (tertiary/aromatic N) is 3. The molecule has 42 heavy (non-hydrogen) atoms. The Kier molecular flexibility index (Phi) is 6.03. The number of anilines is 1. The highest BCUT2D eigenvalue weighted by Crippen LogP contribution is 2.47. The Hall–Kier alpha value is -4.89. The SMILES string of the molecule is C/C1=C/C=C(N2c3ccc(-c4ccc5c(c4)c4ccccc4n5-c4ccncc4)cc3C3C=CC=CC32)\C=C/CCC1. The highest BCUT2D eigenvalue weighted by Gasteiger charge is 2.37. The van der Waals surface area contributed by atoms with E-state index in [1.807, 2.05) is 12.4 Å². The highest BCUT2D eigenvalue weighted by molar-refractivity contribution is 6.10. The number of fused-ring (bicyclic) bond motifs is 6. The molecule has 2 aromatic heterocycles. The van der Waals surface area contributed by atoms with Gasteiger partial charge in [-0.05, 0) is 97.5 Å². The first-order valence-electron chi connectivity index (χ1n) is 15.0. The third-order valence-corrected chi connectivity index (χ3v) is 9.02. The van der Waals surface area contributed by atoms with Gasteiger partial charge in [-0.2, -0.15) is 0 Å². The molecule has 0 bridgehead atoms. The molecule has 8 rings (SSSR count). The molecule has 3 heterocycles. The van der Waals surface area contributed by atoms with E-state index < -0.39 is 0 Å². The lowest BCUT2D eigenvalue weighted by Crippen LogP contribution is -2.31. The van der Waals surface area contributed by atoms with Gasteiger partial charge in [-0.3, -0.25) is 4.98 Å². The average Bonchev–Trinajstić information content (AvgIpc) is 3.57. The van der Waals surface area contributed by atoms with Gasteiger partial charge in [-0.1, -0.05) is 72.4 Å². The molecule has 204 valence electrons. The maximum absolute atomic E-state index is 4.24. The van der Waals surface area contributed by atoms with Crippen LogP contribution in [0, 0.1) is 0 Å². The van der Waals surface area contributed by atoms with Crippen LogP contribution in [0.15, 0.2) is 145 Å². The van der Waals surface area contributed by atoms with E-state index in [9.17, 15) is 0 Å². The number of rotatable bonds is 3. The zero-order valence-corrected chi connectivity index (χ0v) is 23.8. The summed E-state index contributed by atoms with van der Waals surface area (Å²) in [6, 6.07) is 27.1. The molecule has 0 saturated heterocycles. The molecule has 5 aromatic rings. The van der Waals surface area contributed by atoms with Crippen LogP contribution in [0.5, 0.6) is 0 Å². The molecule has 2 atom stereocenters. The molecule has 3 nitrogen and oxygen atoms in total. The van der Waals surface area contributed by atoms with Crippen molar-refractivity contribution in [1.82, 2.24) is 9.55 Å². The topological polar surface area (TPSA) is 21.1 Å². The monoisotopic (exact) mass is 543 g/mol. The van der Waals surface area contributed by atoms with Crippen LogP contribution in [0.25, 0.3) is 38.6 Å². The molecule has 2 unspecified atom stereocenters. The van der Waals surface area contributed by atoms with Crippen LogP contribution in [0.3, 0.4) is 0 Å². The van der Waals surface area contributed by atoms with Gasteiger partial charge in [-0.25, -0.2) is 0 Å². The third-order valence-electron chi connectivity index (χ3n) is 9.02. The van der Waals surface area contributed by atoms with Gasteiger partial charge in [-0.15, -0.1) is 0 Å². The van der Waals surface area contributed by atoms with E-state index in [4.69, 9.17) is 0 Å². The maximum atomic E-state index is 4.24. The van der Waals surface area contributed by atoms with Gasteiger partial charge in [0.05, 0.1) is 17.1 Å². The largest absolute Gasteiger partial charge is 0.333 e. The van der Waals surface area contributed by atoms with Crippen molar-refractivity contribution in [3.63, 3.8) is 0 Å². The van der Waals surface area contributed by atoms with Crippen molar-refractivity contribution >= 4 is 27.5 Å². The molecule has 1 aliphatic heterocycles. The Morgan fingerprint density at radius 1 is 0.786 bits per heavy atom. The van der Waals surface area contributed by atoms with E-state index in [0.29, 0.717) is 5.92 Å². The van der Waals surface area contributed by atoms with Crippen molar-refractivity contribution in [2.75, 3.05) is 4.90 Å². The number of allylic oxidation sites excluding steroid dienone is 7. The number of hydrogen-bond acceptors (Lipinski definition) is 2. The second-order valence-electron chi connectivity index (χ2n) is 11.6. The molecule has 3 aromatic carbocycles. The molecule has 3 aliphatic rings. The fraction of sp³-hybridized carbons (Fsp3) is 0.154. The maximum Gasteiger partial charge on any atom is 0.0629 e. The molecular weight excluding hydrogens is 510 g/mol. The van der Waals surface area contributed by atoms with Crippen molar-refractivity contribution in [3.05, 3.63) is 151 Å². The minimum atomic E-state index is 0.284. The van der Waals surface area contributed by atoms with Crippen LogP contribution in [-0.2, 0) is 0 Å². The van der Waals surface area contributed by atoms with Crippen molar-refractivity contribution in [2.24, 2.45) is 0 Å². The van der Waals surface area contributed by atoms with Gasteiger partial charge in [0.1, 0.15) is 0 Å². The van der Waals surface area contributed by atoms with E-state index in [-0.39, 0.29) is 6.04 Å². The number of para-hydroxylation sites is 1. The Morgan fingerprint density at radius 3 is 2.52 bits per heavy atom. The summed E-state index contributed by atoms with van der Waals surface area (Å²) in [6.45, 7) is 2.25. The fourth-order valence-corrected chi connectivity index (χ4v) is 6.98. The van der Waals surface area contributed by atoms with Gasteiger partial charge < -0.3 is 9.47 Å². The first kappa shape index (κ1) is 24.9. The third kappa shape index (κ3) is 4.08. The summed E-state index contributed by atoms with van der Waals surface area (Å²) in [5.74, 6) is 0.328. The second kappa shape index (κ2) is 10.2. The van der Waals surface area contributed by atoms with Crippen molar-refractivity contribution in [1.29, 1.82) is 0 Å². The van der Waals surface area contributed by atoms with Crippen LogP contribution in [0.2, 0.25) is 0 Å². The van der Waals surface area contributed by atoms with Gasteiger partial charge in [0.25, 0.3) is 0 Å². The zero-order chi connectivity index (χ0) is 28.0. The minimum absolute atomic E-state index is 0.284. The van der Waals surface area contributed by atoms with E-state index in [2.05, 4.69) is 143 Å². The predicted molar refractivity (Wildman–Crippen MR) is 176 cm³/mol. The summed E-state index contributed by atoms with van der Waals surface area (Å²) in [4.78, 5) is 6.78. The van der Waals surface area contributed by atoms with Crippen molar-refractivity contribution < 1.29 is 0 Å². The lowest BCUT2D eigenvalue weighted by atomic mass is 9.89. The molecule has 0 fully saturated rings. The van der Waals surface area contributed by atoms with Gasteiger partial charge in [0.2, 0.25) is 0 Å². The van der Waals surface area contributed by atoms with Crippen LogP contribution in [-0.4, -0.2) is 15.6 Å². The van der Waals surface area contributed by atoms with Gasteiger partial charge in [0.15, 0.2) is 0 Å². The van der Waals surface area contributed by atoms with Crippen molar-refractivity contribution in [2.45, 2.75) is 38.1 Å². The van der Waals surface area contributed by atoms with E-state index in [1.54, 1.807) is 0 Å². The summed E-state index contributed by atoms with van der Waals surface area (Å²) < 4.78 is 2.34. The standard InChI is InChI=1S/C39H33N3/c1-27-9-3-2-4-10-30(18-15-27)41-36-13-7-5-11-32(36)34-25-28(16-19-38(34)41)29-17-20-39-35(26-29)33-12-6-8-14-37(33)42(39)31-21-23-40-24-22-31/h4-8,10-26,32,36H,2-3,9H2,1H3/b10-4-,27-15-,30-18+. The normalized spacial score (nSPS) is 22.9. The number of pyridine rings is 1. The van der Waals surface area contributed by atoms with Gasteiger partial charge >= 0.3 is 0 Å². The summed E-state index contributed by atoms with van der Waals surface area (Å²) >= 11 is 0. The minimum Gasteiger partial charge on any atom is -0.333 e. The van der Waals surface area contributed by atoms with Crippen LogP contribution >= 0.6 is 0 Å². The van der Waals surface area contributed by atoms with Crippen LogP contribution < -0.4 is 4.90 Å². The Balaban J connectivity index is 1.26. The van der Waals surface area contributed by atoms with E-state index in [0.717, 1.165) is 18.5 Å². The first-order chi connectivity index (χ1) is 20.8. The summed E-state index contributed by atoms with van der Waals surface area (Å²) in [5, 5.41) is 2.53. The molecule has 0 spiro atoms. The second-order valence-corrected chi connectivity index (χ2v) is 11.6. The lowest BCUT2D eigenvalue weighted by molar-refractivity contribution is 0.729. The summed E-state index contributed by atoms with van der Waals surface area (Å²) in [5.41, 5.74) is 11.5. The first-order valence-corrected chi connectivity index (χ1v) is 15.0. The smallest absolute Gasteiger partial charge is 0.0629 e. The van der Waals surface area contributed by atoms with Crippen molar-refractivity contribution in [3.8, 4) is 16.8 Å². The molecule has 3 heteroatoms. The summed E-state index contributed by atoms with van der Waals surface area (Å²) in [7, 11) is 0. The van der Waals surface area contributed by atoms with Crippen LogP contribution in [0.4, 0.5) is 5.69 Å². The number of hydrogen-bond donors (Lipinski definition) is 0. The molecule has 0 amide bonds. The number of aromatic nitrogens is 2. The van der Waals surface area contributed by atoms with Crippen LogP contribution in [0.1, 0.15) is 37.7 Å².